The van der Waals surface area contributed by atoms with Crippen LogP contribution in [-0.2, 0) is 41.3 Å². The maximum Gasteiger partial charge on any atom is 0 e. The number of hydrogen-bond donors (Lipinski definition) is 0. The van der Waals surface area contributed by atoms with Crippen LogP contribution < -0.4 is 0 Å². The predicted molar refractivity (Wildman–Crippen MR) is 12.3 cm³/mol. The van der Waals surface area contributed by atoms with E-state index in [1.54, 1.807) is 0 Å². The molecule has 0 rings (SSSR count). The molecule has 5 heteroatoms. The summed E-state index contributed by atoms with van der Waals surface area (Å²) in [5.41, 5.74) is 0. The van der Waals surface area contributed by atoms with E-state index in [-0.39, 0.29) is 69.1 Å². The number of hydrogen-bond acceptors (Lipinski definition) is 1. The van der Waals surface area contributed by atoms with Gasteiger partial charge in [-0.15, -0.1) is 0 Å². The van der Waals surface area contributed by atoms with Crippen molar-refractivity contribution in [2.75, 3.05) is 0 Å². The van der Waals surface area contributed by atoms with Gasteiger partial charge in [0.2, 0.25) is 0 Å². The maximum atomic E-state index is 8.38. The van der Waals surface area contributed by atoms with E-state index in [1.807, 2.05) is 0 Å². The second-order valence-corrected chi connectivity index (χ2v) is 0. The Kier molecular flexibility index (Phi) is 246. The molecular weight excluding hydrogens is 187 g/mol. The first-order valence-electron chi connectivity index (χ1n) is 0.289. The molecule has 0 aliphatic carbocycles. The smallest absolute Gasteiger partial charge is 0 e. The zero-order valence-corrected chi connectivity index (χ0v) is 10.4. The van der Waals surface area contributed by atoms with E-state index in [1.165, 1.54) is 0 Å². The van der Waals surface area contributed by atoms with Crippen molar-refractivity contribution in [1.82, 2.24) is 0 Å². The van der Waals surface area contributed by atoms with E-state index in [4.69, 9.17) is 3.57 Å². The Labute approximate surface area is 72.2 Å². The van der Waals surface area contributed by atoms with Crippen molar-refractivity contribution >= 4 is 23.1 Å². The third-order valence-electron chi connectivity index (χ3n) is 0. The molecule has 0 amide bonds. The first kappa shape index (κ1) is 29.4. The van der Waals surface area contributed by atoms with Gasteiger partial charge >= 0.3 is 44.9 Å². The van der Waals surface area contributed by atoms with Gasteiger partial charge in [-0.2, -0.15) is 0 Å². The summed E-state index contributed by atoms with van der Waals surface area (Å²) >= 11 is 0.125. The van der Waals surface area contributed by atoms with Crippen LogP contribution in [0.2, 0.25) is 0 Å². The van der Waals surface area contributed by atoms with Gasteiger partial charge in [0.25, 0.3) is 0 Å². The summed E-state index contributed by atoms with van der Waals surface area (Å²) in [6.45, 7) is 0. The van der Waals surface area contributed by atoms with Gasteiger partial charge in [-0.3, -0.25) is 0 Å². The van der Waals surface area contributed by atoms with Crippen molar-refractivity contribution in [1.29, 1.82) is 0 Å². The summed E-state index contributed by atoms with van der Waals surface area (Å²) in [5.74, 6) is 0. The minimum absolute atomic E-state index is 0. The van der Waals surface area contributed by atoms with Crippen molar-refractivity contribution < 1.29 is 49.6 Å². The molecule has 0 aromatic rings. The van der Waals surface area contributed by atoms with Crippen molar-refractivity contribution in [3.05, 3.63) is 0 Å². The van der Waals surface area contributed by atoms with Gasteiger partial charge in [0, 0.05) is 19.5 Å². The summed E-state index contributed by atoms with van der Waals surface area (Å²) in [5, 5.41) is 0. The summed E-state index contributed by atoms with van der Waals surface area (Å²) in [6, 6.07) is 0. The van der Waals surface area contributed by atoms with Crippen LogP contribution in [0.15, 0.2) is 0 Å². The zero-order valence-electron chi connectivity index (χ0n) is 5.03. The molecule has 0 saturated carbocycles. The summed E-state index contributed by atoms with van der Waals surface area (Å²) < 4.78 is 8.38. The average Bonchev–Trinajstić information content (AvgIpc) is 1.00. The van der Waals surface area contributed by atoms with Gasteiger partial charge in [-0.1, -0.05) is 0 Å². The van der Waals surface area contributed by atoms with E-state index in [0.29, 0.717) is 0 Å². The van der Waals surface area contributed by atoms with Crippen LogP contribution in [0.25, 0.3) is 0 Å². The maximum absolute atomic E-state index is 8.38. The molecule has 0 atom stereocenters. The van der Waals surface area contributed by atoms with Crippen LogP contribution in [0.1, 0.15) is 2.85 Å². The molecule has 5 heavy (non-hydrogen) atoms. The van der Waals surface area contributed by atoms with Gasteiger partial charge in [0.1, 0.15) is 0 Å². The van der Waals surface area contributed by atoms with Crippen LogP contribution in [0.3, 0.4) is 0 Å². The van der Waals surface area contributed by atoms with E-state index in [2.05, 4.69) is 0 Å². The Bertz CT molecular complexity index is 13.7. The SMILES string of the molecule is O.[H-].[H-].[Mg+2].[O]=[Zn].[Zn]. The molecule has 0 spiro atoms. The first-order valence-corrected chi connectivity index (χ1v) is 1.50. The van der Waals surface area contributed by atoms with Gasteiger partial charge in [0.05, 0.1) is 0 Å². The normalized spacial score (nSPS) is 1.20. The second kappa shape index (κ2) is 41.8. The Morgan fingerprint density at radius 2 is 1.40 bits per heavy atom. The Morgan fingerprint density at radius 1 is 1.40 bits per heavy atom. The molecule has 0 radical (unpaired) electrons. The molecule has 0 aromatic heterocycles. The van der Waals surface area contributed by atoms with Gasteiger partial charge in [0.15, 0.2) is 0 Å². The molecule has 0 aliphatic rings. The van der Waals surface area contributed by atoms with Crippen molar-refractivity contribution in [3.8, 4) is 0 Å². The van der Waals surface area contributed by atoms with Gasteiger partial charge < -0.3 is 8.33 Å². The van der Waals surface area contributed by atoms with Crippen LogP contribution in [0.4, 0.5) is 0 Å². The third-order valence-corrected chi connectivity index (χ3v) is 0. The van der Waals surface area contributed by atoms with Crippen LogP contribution >= 0.6 is 0 Å². The first-order chi connectivity index (χ1) is 1.00. The molecule has 2 N–H and O–H groups in total. The quantitative estimate of drug-likeness (QED) is 0.448. The zero-order chi connectivity index (χ0) is 2.00. The van der Waals surface area contributed by atoms with E-state index < -0.39 is 0 Å². The molecule has 0 fully saturated rings. The molecule has 0 aliphatic heterocycles. The Morgan fingerprint density at radius 3 is 1.40 bits per heavy atom. The van der Waals surface area contributed by atoms with Crippen molar-refractivity contribution in [2.45, 2.75) is 0 Å². The van der Waals surface area contributed by atoms with Crippen molar-refractivity contribution in [2.24, 2.45) is 0 Å². The molecule has 22 valence electrons. The molecule has 0 bridgehead atoms. The molecule has 0 aromatic carbocycles. The summed E-state index contributed by atoms with van der Waals surface area (Å²) in [7, 11) is 0. The van der Waals surface area contributed by atoms with Gasteiger partial charge in [-0.05, 0) is 0 Å². The number of rotatable bonds is 0. The monoisotopic (exact) mass is 188 g/mol. The van der Waals surface area contributed by atoms with Crippen LogP contribution in [0.5, 0.6) is 0 Å². The molecule has 0 saturated heterocycles. The van der Waals surface area contributed by atoms with E-state index >= 15 is 0 Å². The molecule has 0 unspecified atom stereocenters. The molecular formula is H4MgO2Zn2. The van der Waals surface area contributed by atoms with Crippen LogP contribution in [0, 0.1) is 0 Å². The fourth-order valence-electron chi connectivity index (χ4n) is 0. The minimum atomic E-state index is 0. The van der Waals surface area contributed by atoms with E-state index in [0.717, 1.165) is 0 Å². The molecule has 0 heterocycles. The fourth-order valence-corrected chi connectivity index (χ4v) is 0. The van der Waals surface area contributed by atoms with Crippen LogP contribution in [-0.4, -0.2) is 28.5 Å². The predicted octanol–water partition coefficient (Wildman–Crippen LogP) is -1.10. The molecule has 2 nitrogen and oxygen atoms in total. The Hall–Kier alpha value is 1.77. The second-order valence-electron chi connectivity index (χ2n) is 0. The Balaban J connectivity index is -0.000000000500. The summed E-state index contributed by atoms with van der Waals surface area (Å²) in [6.07, 6.45) is 0. The summed E-state index contributed by atoms with van der Waals surface area (Å²) in [4.78, 5) is 0. The minimum Gasteiger partial charge on any atom is 0 e. The van der Waals surface area contributed by atoms with Crippen molar-refractivity contribution in [3.63, 3.8) is 0 Å². The topological polar surface area (TPSA) is 48.6 Å². The van der Waals surface area contributed by atoms with Gasteiger partial charge in [-0.25, -0.2) is 0 Å². The van der Waals surface area contributed by atoms with E-state index in [9.17, 15) is 0 Å². The average molecular weight is 191 g/mol. The largest absolute Gasteiger partial charge is 0 e. The fraction of sp³-hybridized carbons (Fsp3) is 0. The standard InChI is InChI=1S/Mg.H2O.O.2Zn.2H/h;1H2;;;;;/q+2;;;;;2*-1. The third kappa shape index (κ3) is 26.1.